The van der Waals surface area contributed by atoms with Crippen molar-refractivity contribution in [3.05, 3.63) is 113 Å². The Morgan fingerprint density at radius 1 is 0.895 bits per heavy atom. The molecule has 0 aliphatic carbocycles. The predicted molar refractivity (Wildman–Crippen MR) is 153 cm³/mol. The van der Waals surface area contributed by atoms with Crippen LogP contribution in [-0.4, -0.2) is 31.7 Å². The maximum atomic E-state index is 13.5. The Kier molecular flexibility index (Phi) is 7.83. The van der Waals surface area contributed by atoms with Crippen molar-refractivity contribution in [2.75, 3.05) is 10.8 Å². The zero-order valence-electron chi connectivity index (χ0n) is 22.3. The smallest absolute Gasteiger partial charge is 0.264 e. The van der Waals surface area contributed by atoms with Crippen molar-refractivity contribution in [3.8, 4) is 5.69 Å². The van der Waals surface area contributed by atoms with Crippen molar-refractivity contribution < 1.29 is 13.2 Å². The third-order valence-corrected chi connectivity index (χ3v) is 8.23. The standard InChI is InChI=1S/C30H32N4O3S/c1-21-10-14-27(15-11-21)33(38(36,37)28-16-12-22(2)13-17-28)20-30(35)32-31-19-26-18-24(4)34(25(26)5)29-9-7-6-8-23(29)3/h6-19H,20H2,1-5H3,(H,32,35)/b31-19+. The van der Waals surface area contributed by atoms with Crippen LogP contribution in [0.25, 0.3) is 5.69 Å². The fourth-order valence-corrected chi connectivity index (χ4v) is 5.73. The number of anilines is 1. The van der Waals surface area contributed by atoms with Crippen LogP contribution < -0.4 is 9.73 Å². The van der Waals surface area contributed by atoms with Crippen molar-refractivity contribution in [1.82, 2.24) is 9.99 Å². The van der Waals surface area contributed by atoms with Gasteiger partial charge in [-0.15, -0.1) is 0 Å². The molecule has 0 aliphatic rings. The zero-order chi connectivity index (χ0) is 27.4. The van der Waals surface area contributed by atoms with Crippen molar-refractivity contribution in [1.29, 1.82) is 0 Å². The molecule has 0 radical (unpaired) electrons. The summed E-state index contributed by atoms with van der Waals surface area (Å²) in [6.45, 7) is 9.46. The van der Waals surface area contributed by atoms with Gasteiger partial charge in [-0.2, -0.15) is 5.10 Å². The molecule has 38 heavy (non-hydrogen) atoms. The topological polar surface area (TPSA) is 83.8 Å². The Morgan fingerprint density at radius 2 is 1.50 bits per heavy atom. The molecule has 0 saturated heterocycles. The van der Waals surface area contributed by atoms with Crippen molar-refractivity contribution in [3.63, 3.8) is 0 Å². The van der Waals surface area contributed by atoms with Crippen LogP contribution in [0.5, 0.6) is 0 Å². The highest BCUT2D eigenvalue weighted by atomic mass is 32.2. The lowest BCUT2D eigenvalue weighted by Gasteiger charge is -2.24. The molecule has 1 N–H and O–H groups in total. The van der Waals surface area contributed by atoms with Crippen LogP contribution in [-0.2, 0) is 14.8 Å². The first-order valence-electron chi connectivity index (χ1n) is 12.3. The number of hydrogen-bond acceptors (Lipinski definition) is 4. The normalized spacial score (nSPS) is 11.6. The summed E-state index contributed by atoms with van der Waals surface area (Å²) >= 11 is 0. The number of hydrazone groups is 1. The van der Waals surface area contributed by atoms with E-state index in [0.717, 1.165) is 43.6 Å². The molecule has 0 fully saturated rings. The molecule has 1 amide bonds. The molecule has 0 unspecified atom stereocenters. The van der Waals surface area contributed by atoms with Crippen LogP contribution >= 0.6 is 0 Å². The van der Waals surface area contributed by atoms with E-state index < -0.39 is 22.5 Å². The number of carbonyl (C=O) groups excluding carboxylic acids is 1. The van der Waals surface area contributed by atoms with Gasteiger partial charge in [0.2, 0.25) is 0 Å². The van der Waals surface area contributed by atoms with Crippen LogP contribution in [0.4, 0.5) is 5.69 Å². The Bertz CT molecular complexity index is 1590. The fourth-order valence-electron chi connectivity index (χ4n) is 4.31. The van der Waals surface area contributed by atoms with E-state index in [2.05, 4.69) is 34.2 Å². The molecule has 1 aromatic heterocycles. The van der Waals surface area contributed by atoms with Crippen LogP contribution in [0.1, 0.15) is 33.6 Å². The first-order chi connectivity index (χ1) is 18.1. The Labute approximate surface area is 224 Å². The number of benzene rings is 3. The second kappa shape index (κ2) is 11.1. The van der Waals surface area contributed by atoms with E-state index >= 15 is 0 Å². The fraction of sp³-hybridized carbons (Fsp3) is 0.200. The third kappa shape index (κ3) is 5.70. The second-order valence-corrected chi connectivity index (χ2v) is 11.3. The van der Waals surface area contributed by atoms with E-state index in [1.807, 2.05) is 58.0 Å². The number of amides is 1. The highest BCUT2D eigenvalue weighted by Gasteiger charge is 2.27. The minimum atomic E-state index is -3.98. The van der Waals surface area contributed by atoms with Gasteiger partial charge in [-0.1, -0.05) is 53.6 Å². The molecule has 1 heterocycles. The SMILES string of the molecule is Cc1ccc(N(CC(=O)N/N=C/c2cc(C)n(-c3ccccc3C)c2C)S(=O)(=O)c2ccc(C)cc2)cc1. The largest absolute Gasteiger partial charge is 0.318 e. The average molecular weight is 529 g/mol. The summed E-state index contributed by atoms with van der Waals surface area (Å²) in [5.41, 5.74) is 9.94. The van der Waals surface area contributed by atoms with Crippen LogP contribution in [0, 0.1) is 34.6 Å². The van der Waals surface area contributed by atoms with Gasteiger partial charge in [0.15, 0.2) is 0 Å². The van der Waals surface area contributed by atoms with E-state index in [4.69, 9.17) is 0 Å². The molecule has 8 heteroatoms. The minimum Gasteiger partial charge on any atom is -0.318 e. The van der Waals surface area contributed by atoms with Gasteiger partial charge < -0.3 is 4.57 Å². The first-order valence-corrected chi connectivity index (χ1v) is 13.7. The van der Waals surface area contributed by atoms with Gasteiger partial charge in [-0.3, -0.25) is 9.10 Å². The van der Waals surface area contributed by atoms with Crippen LogP contribution in [0.15, 0.2) is 88.9 Å². The quantitative estimate of drug-likeness (QED) is 0.247. The van der Waals surface area contributed by atoms with E-state index in [1.54, 1.807) is 42.6 Å². The summed E-state index contributed by atoms with van der Waals surface area (Å²) in [5, 5.41) is 4.14. The average Bonchev–Trinajstić information content (AvgIpc) is 3.16. The van der Waals surface area contributed by atoms with Gasteiger partial charge in [0.1, 0.15) is 6.54 Å². The molecule has 0 spiro atoms. The minimum absolute atomic E-state index is 0.114. The molecule has 4 rings (SSSR count). The van der Waals surface area contributed by atoms with Crippen molar-refractivity contribution >= 4 is 27.8 Å². The molecule has 3 aromatic carbocycles. The number of nitrogens with zero attached hydrogens (tertiary/aromatic N) is 3. The molecule has 4 aromatic rings. The van der Waals surface area contributed by atoms with E-state index in [1.165, 1.54) is 0 Å². The van der Waals surface area contributed by atoms with Crippen LogP contribution in [0.3, 0.4) is 0 Å². The molecule has 0 aliphatic heterocycles. The lowest BCUT2D eigenvalue weighted by Crippen LogP contribution is -2.39. The number of nitrogens with one attached hydrogen (secondary N) is 1. The summed E-state index contributed by atoms with van der Waals surface area (Å²) in [7, 11) is -3.98. The predicted octanol–water partition coefficient (Wildman–Crippen LogP) is 5.37. The lowest BCUT2D eigenvalue weighted by molar-refractivity contribution is -0.119. The number of rotatable bonds is 8. The van der Waals surface area contributed by atoms with Gasteiger partial charge in [0.25, 0.3) is 15.9 Å². The number of aryl methyl sites for hydroxylation is 4. The summed E-state index contributed by atoms with van der Waals surface area (Å²) in [5.74, 6) is -0.551. The molecule has 196 valence electrons. The molecule has 0 saturated carbocycles. The van der Waals surface area contributed by atoms with Gasteiger partial charge >= 0.3 is 0 Å². The molecule has 0 bridgehead atoms. The van der Waals surface area contributed by atoms with Crippen LogP contribution in [0.2, 0.25) is 0 Å². The Hall–Kier alpha value is -4.17. The lowest BCUT2D eigenvalue weighted by atomic mass is 10.2. The van der Waals surface area contributed by atoms with E-state index in [-0.39, 0.29) is 4.90 Å². The maximum Gasteiger partial charge on any atom is 0.264 e. The van der Waals surface area contributed by atoms with Gasteiger partial charge in [-0.25, -0.2) is 13.8 Å². The number of aromatic nitrogens is 1. The molecular weight excluding hydrogens is 496 g/mol. The van der Waals surface area contributed by atoms with Crippen molar-refractivity contribution in [2.24, 2.45) is 5.10 Å². The summed E-state index contributed by atoms with van der Waals surface area (Å²) in [6, 6.07) is 23.7. The highest BCUT2D eigenvalue weighted by Crippen LogP contribution is 2.25. The van der Waals surface area contributed by atoms with Gasteiger partial charge in [-0.05, 0) is 76.6 Å². The monoisotopic (exact) mass is 528 g/mol. The number of para-hydroxylation sites is 1. The summed E-state index contributed by atoms with van der Waals surface area (Å²) in [4.78, 5) is 13.0. The first kappa shape index (κ1) is 26.9. The van der Waals surface area contributed by atoms with Crippen molar-refractivity contribution in [2.45, 2.75) is 39.5 Å². The van der Waals surface area contributed by atoms with Gasteiger partial charge in [0.05, 0.1) is 16.8 Å². The number of hydrogen-bond donors (Lipinski definition) is 1. The molecule has 0 atom stereocenters. The summed E-state index contributed by atoms with van der Waals surface area (Å²) in [6.07, 6.45) is 1.58. The number of sulfonamides is 1. The van der Waals surface area contributed by atoms with Gasteiger partial charge in [0, 0.05) is 22.6 Å². The van der Waals surface area contributed by atoms with E-state index in [9.17, 15) is 13.2 Å². The number of carbonyl (C=O) groups is 1. The Balaban J connectivity index is 1.56. The third-order valence-electron chi connectivity index (χ3n) is 6.44. The molecule has 7 nitrogen and oxygen atoms in total. The molecular formula is C30H32N4O3S. The Morgan fingerprint density at radius 3 is 2.13 bits per heavy atom. The maximum absolute atomic E-state index is 13.5. The second-order valence-electron chi connectivity index (χ2n) is 9.40. The zero-order valence-corrected chi connectivity index (χ0v) is 23.1. The van der Waals surface area contributed by atoms with E-state index in [0.29, 0.717) is 5.69 Å². The summed E-state index contributed by atoms with van der Waals surface area (Å²) < 4.78 is 30.3. The highest BCUT2D eigenvalue weighted by molar-refractivity contribution is 7.92.